The Hall–Kier alpha value is -3.40. The molecule has 1 aliphatic heterocycles. The molecule has 0 aliphatic carbocycles. The highest BCUT2D eigenvalue weighted by atomic mass is 16.6. The number of amides is 1. The van der Waals surface area contributed by atoms with Gasteiger partial charge >= 0.3 is 0 Å². The number of carbonyl (C=O) groups is 1. The van der Waals surface area contributed by atoms with Gasteiger partial charge in [-0.2, -0.15) is 0 Å². The Morgan fingerprint density at radius 3 is 2.58 bits per heavy atom. The number of nitrogens with zero attached hydrogens (tertiary/aromatic N) is 4. The number of hydrogen-bond donors (Lipinski definition) is 3. The molecule has 0 radical (unpaired) electrons. The number of piperazine rings is 1. The lowest BCUT2D eigenvalue weighted by atomic mass is 10.2. The van der Waals surface area contributed by atoms with Gasteiger partial charge in [-0.3, -0.25) is 4.79 Å². The van der Waals surface area contributed by atoms with Gasteiger partial charge in [-0.25, -0.2) is 9.97 Å². The van der Waals surface area contributed by atoms with Crippen LogP contribution in [0.15, 0.2) is 35.7 Å². The Labute approximate surface area is 182 Å². The fourth-order valence-corrected chi connectivity index (χ4v) is 2.79. The molecule has 3 rings (SSSR count). The van der Waals surface area contributed by atoms with Crippen molar-refractivity contribution in [3.05, 3.63) is 36.2 Å². The van der Waals surface area contributed by atoms with Crippen molar-refractivity contribution in [2.24, 2.45) is 5.16 Å². The normalized spacial score (nSPS) is 13.5. The van der Waals surface area contributed by atoms with E-state index in [4.69, 9.17) is 15.3 Å². The lowest BCUT2D eigenvalue weighted by molar-refractivity contribution is -0.105. The number of hydrogen-bond acceptors (Lipinski definition) is 9. The smallest absolute Gasteiger partial charge is 0.211 e. The predicted molar refractivity (Wildman–Crippen MR) is 123 cm³/mol. The first-order valence-corrected chi connectivity index (χ1v) is 10.2. The Morgan fingerprint density at radius 1 is 1.26 bits per heavy atom. The fraction of sp³-hybridized carbons (Fsp3) is 0.429. The number of anilines is 3. The molecule has 168 valence electrons. The van der Waals surface area contributed by atoms with Gasteiger partial charge in [0.2, 0.25) is 6.41 Å². The molecule has 31 heavy (non-hydrogen) atoms. The first-order valence-electron chi connectivity index (χ1n) is 10.2. The minimum atomic E-state index is 0.171. The molecule has 1 aliphatic rings. The molecule has 0 spiro atoms. The van der Waals surface area contributed by atoms with Crippen LogP contribution in [-0.4, -0.2) is 61.5 Å². The molecule has 0 atom stereocenters. The zero-order valence-corrected chi connectivity index (χ0v) is 18.2. The number of carbonyl (C=O) groups excluding carboxylic acids is 1. The van der Waals surface area contributed by atoms with E-state index in [9.17, 15) is 4.79 Å². The molecule has 1 saturated heterocycles. The highest BCUT2D eigenvalue weighted by Crippen LogP contribution is 2.20. The van der Waals surface area contributed by atoms with Crippen molar-refractivity contribution in [2.45, 2.75) is 26.9 Å². The standard InChI is InChI=1S/C11H18N6O.C10H13NO2/c1-2-18-16-7-9-10(12)14-8-15-11(9)17-5-3-13-4-6-17;1-8(2)13-10-5-3-9(4-6-10)11-7-12/h7-8,13H,2-6H2,1H3,(H2,12,14,15);3-8H,1-2H3,(H,11,12). The van der Waals surface area contributed by atoms with Crippen molar-refractivity contribution in [3.63, 3.8) is 0 Å². The summed E-state index contributed by atoms with van der Waals surface area (Å²) in [6, 6.07) is 7.25. The molecule has 2 aromatic rings. The molecule has 0 bridgehead atoms. The van der Waals surface area contributed by atoms with Gasteiger partial charge in [-0.1, -0.05) is 5.16 Å². The lowest BCUT2D eigenvalue weighted by Gasteiger charge is -2.29. The van der Waals surface area contributed by atoms with Gasteiger partial charge in [0.1, 0.15) is 30.3 Å². The van der Waals surface area contributed by atoms with Crippen LogP contribution in [0.3, 0.4) is 0 Å². The number of nitrogens with two attached hydrogens (primary N) is 1. The highest BCUT2D eigenvalue weighted by molar-refractivity contribution is 5.91. The van der Waals surface area contributed by atoms with E-state index >= 15 is 0 Å². The van der Waals surface area contributed by atoms with Gasteiger partial charge in [0, 0.05) is 31.9 Å². The summed E-state index contributed by atoms with van der Waals surface area (Å²) in [5.74, 6) is 2.04. The van der Waals surface area contributed by atoms with Crippen LogP contribution in [0.25, 0.3) is 0 Å². The summed E-state index contributed by atoms with van der Waals surface area (Å²) in [5.41, 5.74) is 7.36. The summed E-state index contributed by atoms with van der Waals surface area (Å²) in [7, 11) is 0. The highest BCUT2D eigenvalue weighted by Gasteiger charge is 2.17. The maximum absolute atomic E-state index is 10.1. The van der Waals surface area contributed by atoms with E-state index in [1.165, 1.54) is 6.33 Å². The number of oxime groups is 1. The van der Waals surface area contributed by atoms with Crippen LogP contribution in [-0.2, 0) is 9.63 Å². The van der Waals surface area contributed by atoms with Crippen molar-refractivity contribution < 1.29 is 14.4 Å². The third-order valence-corrected chi connectivity index (χ3v) is 4.15. The summed E-state index contributed by atoms with van der Waals surface area (Å²) in [5, 5.41) is 9.70. The monoisotopic (exact) mass is 429 g/mol. The van der Waals surface area contributed by atoms with Crippen molar-refractivity contribution in [2.75, 3.05) is 48.7 Å². The maximum atomic E-state index is 10.1. The zero-order valence-electron chi connectivity index (χ0n) is 18.2. The fourth-order valence-electron chi connectivity index (χ4n) is 2.79. The van der Waals surface area contributed by atoms with Gasteiger partial charge in [0.05, 0.1) is 17.9 Å². The molecule has 1 aromatic carbocycles. The molecule has 2 heterocycles. The van der Waals surface area contributed by atoms with Gasteiger partial charge in [-0.05, 0) is 45.0 Å². The number of rotatable bonds is 8. The van der Waals surface area contributed by atoms with Crippen LogP contribution in [0.1, 0.15) is 26.3 Å². The predicted octanol–water partition coefficient (Wildman–Crippen LogP) is 1.88. The largest absolute Gasteiger partial charge is 0.491 e. The quantitative estimate of drug-likeness (QED) is 0.330. The van der Waals surface area contributed by atoms with Crippen LogP contribution in [0.2, 0.25) is 0 Å². The molecule has 10 heteroatoms. The van der Waals surface area contributed by atoms with Crippen LogP contribution in [0, 0.1) is 0 Å². The molecular formula is C21H31N7O3. The third-order valence-electron chi connectivity index (χ3n) is 4.15. The van der Waals surface area contributed by atoms with E-state index in [1.807, 2.05) is 32.9 Å². The van der Waals surface area contributed by atoms with E-state index in [1.54, 1.807) is 18.3 Å². The second-order valence-corrected chi connectivity index (χ2v) is 6.84. The molecule has 4 N–H and O–H groups in total. The van der Waals surface area contributed by atoms with Gasteiger partial charge in [0.25, 0.3) is 0 Å². The van der Waals surface area contributed by atoms with Crippen molar-refractivity contribution in [1.82, 2.24) is 15.3 Å². The van der Waals surface area contributed by atoms with E-state index in [0.29, 0.717) is 24.4 Å². The molecule has 0 saturated carbocycles. The third kappa shape index (κ3) is 8.09. The number of nitrogens with one attached hydrogen (secondary N) is 2. The van der Waals surface area contributed by atoms with Gasteiger partial charge in [0.15, 0.2) is 0 Å². The molecule has 0 unspecified atom stereocenters. The van der Waals surface area contributed by atoms with E-state index in [-0.39, 0.29) is 6.10 Å². The summed E-state index contributed by atoms with van der Waals surface area (Å²) >= 11 is 0. The number of nitrogen functional groups attached to an aromatic ring is 1. The number of benzene rings is 1. The van der Waals surface area contributed by atoms with Crippen molar-refractivity contribution >= 4 is 29.9 Å². The van der Waals surface area contributed by atoms with Crippen molar-refractivity contribution in [1.29, 1.82) is 0 Å². The van der Waals surface area contributed by atoms with Crippen LogP contribution in [0.4, 0.5) is 17.3 Å². The topological polar surface area (TPSA) is 127 Å². The lowest BCUT2D eigenvalue weighted by Crippen LogP contribution is -2.44. The second-order valence-electron chi connectivity index (χ2n) is 6.84. The Morgan fingerprint density at radius 2 is 1.97 bits per heavy atom. The minimum Gasteiger partial charge on any atom is -0.491 e. The Balaban J connectivity index is 0.000000233. The van der Waals surface area contributed by atoms with Crippen molar-refractivity contribution in [3.8, 4) is 5.75 Å². The molecule has 10 nitrogen and oxygen atoms in total. The first-order chi connectivity index (χ1) is 15.0. The van der Waals surface area contributed by atoms with Crippen LogP contribution >= 0.6 is 0 Å². The van der Waals surface area contributed by atoms with Crippen LogP contribution < -0.4 is 26.0 Å². The molecule has 1 amide bonds. The average Bonchev–Trinajstić information content (AvgIpc) is 2.77. The molecule has 1 fully saturated rings. The average molecular weight is 430 g/mol. The minimum absolute atomic E-state index is 0.171. The van der Waals surface area contributed by atoms with Crippen LogP contribution in [0.5, 0.6) is 5.75 Å². The number of aromatic nitrogens is 2. The SMILES string of the molecule is CC(C)Oc1ccc(NC=O)cc1.CCON=Cc1c(N)ncnc1N1CCNCC1. The van der Waals surface area contributed by atoms with Gasteiger partial charge in [-0.15, -0.1) is 0 Å². The van der Waals surface area contributed by atoms with E-state index in [0.717, 1.165) is 43.4 Å². The Bertz CT molecular complexity index is 822. The van der Waals surface area contributed by atoms with E-state index in [2.05, 4.69) is 30.7 Å². The zero-order chi connectivity index (χ0) is 22.5. The first kappa shape index (κ1) is 23.9. The summed E-state index contributed by atoms with van der Waals surface area (Å²) in [6.07, 6.45) is 3.88. The Kier molecular flexibility index (Phi) is 10.0. The maximum Gasteiger partial charge on any atom is 0.211 e. The summed E-state index contributed by atoms with van der Waals surface area (Å²) in [4.78, 5) is 25.5. The number of ether oxygens (including phenoxy) is 1. The molecular weight excluding hydrogens is 398 g/mol. The second kappa shape index (κ2) is 13.0. The van der Waals surface area contributed by atoms with Gasteiger partial charge < -0.3 is 30.8 Å². The summed E-state index contributed by atoms with van der Waals surface area (Å²) in [6.45, 7) is 10.00. The van der Waals surface area contributed by atoms with E-state index < -0.39 is 0 Å². The summed E-state index contributed by atoms with van der Waals surface area (Å²) < 4.78 is 5.43. The molecule has 1 aromatic heterocycles.